The van der Waals surface area contributed by atoms with Gasteiger partial charge in [0.25, 0.3) is 0 Å². The first-order valence-electron chi connectivity index (χ1n) is 9.35. The fourth-order valence-corrected chi connectivity index (χ4v) is 3.70. The third-order valence-electron chi connectivity index (χ3n) is 5.70. The topological polar surface area (TPSA) is 76.1 Å². The predicted molar refractivity (Wildman–Crippen MR) is 95.6 cm³/mol. The number of aliphatic carboxylic acids is 1. The lowest BCUT2D eigenvalue weighted by atomic mass is 9.80. The Bertz CT molecular complexity index is 729. The Morgan fingerprint density at radius 2 is 2.00 bits per heavy atom. The highest BCUT2D eigenvalue weighted by molar-refractivity contribution is 5.78. The van der Waals surface area contributed by atoms with E-state index < -0.39 is 17.2 Å². The molecular formula is C20H26FNO5. The van der Waals surface area contributed by atoms with Gasteiger partial charge in [-0.05, 0) is 30.0 Å². The summed E-state index contributed by atoms with van der Waals surface area (Å²) >= 11 is 0. The van der Waals surface area contributed by atoms with Crippen molar-refractivity contribution in [2.45, 2.75) is 58.3 Å². The van der Waals surface area contributed by atoms with Crippen LogP contribution in [-0.2, 0) is 20.9 Å². The molecule has 3 rings (SSSR count). The van der Waals surface area contributed by atoms with E-state index in [-0.39, 0.29) is 31.2 Å². The fourth-order valence-electron chi connectivity index (χ4n) is 3.70. The second-order valence-electron chi connectivity index (χ2n) is 7.85. The van der Waals surface area contributed by atoms with E-state index in [1.54, 1.807) is 11.0 Å². The Kier molecular flexibility index (Phi) is 5.42. The van der Waals surface area contributed by atoms with E-state index in [1.165, 1.54) is 12.1 Å². The van der Waals surface area contributed by atoms with Crippen LogP contribution in [0.15, 0.2) is 18.2 Å². The number of amides is 1. The molecule has 1 amide bonds. The zero-order valence-electron chi connectivity index (χ0n) is 15.8. The molecule has 1 unspecified atom stereocenters. The zero-order chi connectivity index (χ0) is 19.7. The maximum absolute atomic E-state index is 13.3. The number of hydrogen-bond acceptors (Lipinski definition) is 4. The smallest absolute Gasteiger partial charge is 0.303 e. The number of carbonyl (C=O) groups is 2. The van der Waals surface area contributed by atoms with E-state index in [2.05, 4.69) is 0 Å². The van der Waals surface area contributed by atoms with Crippen molar-refractivity contribution >= 4 is 11.9 Å². The van der Waals surface area contributed by atoms with Crippen molar-refractivity contribution in [2.75, 3.05) is 13.1 Å². The lowest BCUT2D eigenvalue weighted by Crippen LogP contribution is -2.53. The standard InChI is InChI=1S/C20H26FNO5/c1-3-19(2,12-18(24)25)11-17(23)22-8-6-20(7-9-22)26-13-14-10-15(21)4-5-16(14)27-20/h4-5,10H,3,6-9,11-13H2,1-2H3,(H,24,25). The molecule has 0 bridgehead atoms. The zero-order valence-corrected chi connectivity index (χ0v) is 15.8. The number of likely N-dealkylation sites (tertiary alicyclic amines) is 1. The Labute approximate surface area is 158 Å². The van der Waals surface area contributed by atoms with Crippen molar-refractivity contribution in [3.63, 3.8) is 0 Å². The van der Waals surface area contributed by atoms with Crippen molar-refractivity contribution in [3.8, 4) is 5.75 Å². The molecule has 1 aromatic carbocycles. The third-order valence-corrected chi connectivity index (χ3v) is 5.70. The second-order valence-corrected chi connectivity index (χ2v) is 7.85. The van der Waals surface area contributed by atoms with Crippen molar-refractivity contribution in [1.29, 1.82) is 0 Å². The molecule has 1 atom stereocenters. The van der Waals surface area contributed by atoms with Gasteiger partial charge in [-0.2, -0.15) is 0 Å². The Balaban J connectivity index is 1.59. The van der Waals surface area contributed by atoms with Crippen LogP contribution in [0, 0.1) is 11.2 Å². The summed E-state index contributed by atoms with van der Waals surface area (Å²) in [5, 5.41) is 9.09. The van der Waals surface area contributed by atoms with Crippen LogP contribution in [0.5, 0.6) is 5.75 Å². The van der Waals surface area contributed by atoms with Gasteiger partial charge in [-0.1, -0.05) is 13.8 Å². The Morgan fingerprint density at radius 1 is 1.30 bits per heavy atom. The molecule has 1 aromatic rings. The van der Waals surface area contributed by atoms with E-state index in [1.807, 2.05) is 13.8 Å². The SMILES string of the molecule is CCC(C)(CC(=O)O)CC(=O)N1CCC2(CC1)OCc1cc(F)ccc1O2. The van der Waals surface area contributed by atoms with Crippen LogP contribution < -0.4 is 4.74 Å². The average molecular weight is 379 g/mol. The van der Waals surface area contributed by atoms with E-state index >= 15 is 0 Å². The molecule has 2 heterocycles. The monoisotopic (exact) mass is 379 g/mol. The highest BCUT2D eigenvalue weighted by Crippen LogP contribution is 2.38. The van der Waals surface area contributed by atoms with E-state index in [0.717, 1.165) is 0 Å². The van der Waals surface area contributed by atoms with Gasteiger partial charge in [0.05, 0.1) is 13.0 Å². The summed E-state index contributed by atoms with van der Waals surface area (Å²) in [6, 6.07) is 4.39. The number of ether oxygens (including phenoxy) is 2. The van der Waals surface area contributed by atoms with Crippen LogP contribution in [-0.4, -0.2) is 40.8 Å². The molecular weight excluding hydrogens is 353 g/mol. The molecule has 2 aliphatic rings. The van der Waals surface area contributed by atoms with Gasteiger partial charge in [-0.3, -0.25) is 9.59 Å². The van der Waals surface area contributed by atoms with Gasteiger partial charge in [0.1, 0.15) is 11.6 Å². The number of carbonyl (C=O) groups excluding carboxylic acids is 1. The first kappa shape index (κ1) is 19.6. The summed E-state index contributed by atoms with van der Waals surface area (Å²) in [4.78, 5) is 25.5. The number of fused-ring (bicyclic) bond motifs is 1. The summed E-state index contributed by atoms with van der Waals surface area (Å²) < 4.78 is 25.2. The molecule has 0 saturated carbocycles. The first-order chi connectivity index (χ1) is 12.7. The van der Waals surface area contributed by atoms with Crippen LogP contribution in [0.25, 0.3) is 0 Å². The lowest BCUT2D eigenvalue weighted by molar-refractivity contribution is -0.228. The average Bonchev–Trinajstić information content (AvgIpc) is 2.62. The molecule has 1 spiro atoms. The number of halogens is 1. The fraction of sp³-hybridized carbons (Fsp3) is 0.600. The van der Waals surface area contributed by atoms with Crippen molar-refractivity contribution in [3.05, 3.63) is 29.6 Å². The molecule has 148 valence electrons. The van der Waals surface area contributed by atoms with Gasteiger partial charge >= 0.3 is 5.97 Å². The minimum Gasteiger partial charge on any atom is -0.481 e. The van der Waals surface area contributed by atoms with Gasteiger partial charge in [0.15, 0.2) is 0 Å². The molecule has 6 nitrogen and oxygen atoms in total. The molecule has 0 aromatic heterocycles. The van der Waals surface area contributed by atoms with Gasteiger partial charge in [-0.15, -0.1) is 0 Å². The quantitative estimate of drug-likeness (QED) is 0.849. The number of benzene rings is 1. The van der Waals surface area contributed by atoms with Gasteiger partial charge in [-0.25, -0.2) is 4.39 Å². The third kappa shape index (κ3) is 4.40. The highest BCUT2D eigenvalue weighted by atomic mass is 19.1. The predicted octanol–water partition coefficient (Wildman–Crippen LogP) is 3.33. The number of piperidine rings is 1. The van der Waals surface area contributed by atoms with Crippen LogP contribution >= 0.6 is 0 Å². The van der Waals surface area contributed by atoms with Crippen molar-refractivity contribution < 1.29 is 28.6 Å². The summed E-state index contributed by atoms with van der Waals surface area (Å²) in [6.45, 7) is 5.01. The molecule has 2 aliphatic heterocycles. The molecule has 27 heavy (non-hydrogen) atoms. The summed E-state index contributed by atoms with van der Waals surface area (Å²) in [6.07, 6.45) is 1.87. The van der Waals surface area contributed by atoms with Crippen LogP contribution in [0.1, 0.15) is 51.5 Å². The molecule has 0 aliphatic carbocycles. The van der Waals surface area contributed by atoms with E-state index in [9.17, 15) is 14.0 Å². The minimum absolute atomic E-state index is 0.0212. The summed E-state index contributed by atoms with van der Waals surface area (Å²) in [5.74, 6) is -1.39. The molecule has 1 saturated heterocycles. The number of nitrogens with zero attached hydrogens (tertiary/aromatic N) is 1. The Hall–Kier alpha value is -2.15. The number of carboxylic acids is 1. The molecule has 1 N–H and O–H groups in total. The van der Waals surface area contributed by atoms with E-state index in [4.69, 9.17) is 14.6 Å². The maximum Gasteiger partial charge on any atom is 0.303 e. The number of rotatable bonds is 5. The van der Waals surface area contributed by atoms with Crippen molar-refractivity contribution in [2.24, 2.45) is 5.41 Å². The Morgan fingerprint density at radius 3 is 2.63 bits per heavy atom. The summed E-state index contributed by atoms with van der Waals surface area (Å²) in [7, 11) is 0. The summed E-state index contributed by atoms with van der Waals surface area (Å²) in [5.41, 5.74) is 0.144. The molecule has 7 heteroatoms. The van der Waals surface area contributed by atoms with Crippen LogP contribution in [0.3, 0.4) is 0 Å². The largest absolute Gasteiger partial charge is 0.481 e. The van der Waals surface area contributed by atoms with Crippen LogP contribution in [0.2, 0.25) is 0 Å². The first-order valence-corrected chi connectivity index (χ1v) is 9.35. The number of hydrogen-bond donors (Lipinski definition) is 1. The second kappa shape index (κ2) is 7.46. The highest BCUT2D eigenvalue weighted by Gasteiger charge is 2.42. The maximum atomic E-state index is 13.3. The van der Waals surface area contributed by atoms with Gasteiger partial charge < -0.3 is 19.5 Å². The normalized spacial score (nSPS) is 20.5. The van der Waals surface area contributed by atoms with Crippen LogP contribution in [0.4, 0.5) is 4.39 Å². The molecule has 1 fully saturated rings. The number of carboxylic acid groups (broad SMARTS) is 1. The minimum atomic E-state index is -0.885. The van der Waals surface area contributed by atoms with Gasteiger partial charge in [0.2, 0.25) is 11.7 Å². The lowest BCUT2D eigenvalue weighted by Gasteiger charge is -2.44. The van der Waals surface area contributed by atoms with E-state index in [0.29, 0.717) is 43.7 Å². The van der Waals surface area contributed by atoms with Gasteiger partial charge in [0, 0.05) is 37.9 Å². The van der Waals surface area contributed by atoms with Crippen molar-refractivity contribution in [1.82, 2.24) is 4.90 Å². The molecule has 0 radical (unpaired) electrons.